The lowest BCUT2D eigenvalue weighted by molar-refractivity contribution is -0.137. The number of amides is 1. The normalized spacial score (nSPS) is 18.2. The molecule has 0 unspecified atom stereocenters. The molecule has 1 atom stereocenters. The van der Waals surface area contributed by atoms with Gasteiger partial charge in [-0.3, -0.25) is 9.48 Å². The Morgan fingerprint density at radius 3 is 2.88 bits per heavy atom. The van der Waals surface area contributed by atoms with Crippen LogP contribution < -0.4 is 0 Å². The van der Waals surface area contributed by atoms with Gasteiger partial charge in [-0.15, -0.1) is 0 Å². The van der Waals surface area contributed by atoms with Gasteiger partial charge < -0.3 is 9.64 Å². The highest BCUT2D eigenvalue weighted by Crippen LogP contribution is 2.30. The van der Waals surface area contributed by atoms with Crippen molar-refractivity contribution in [2.75, 3.05) is 19.7 Å². The third kappa shape index (κ3) is 4.24. The number of alkyl halides is 3. The highest BCUT2D eigenvalue weighted by molar-refractivity contribution is 5.93. The fourth-order valence-electron chi connectivity index (χ4n) is 2.99. The molecule has 1 aliphatic heterocycles. The second-order valence-corrected chi connectivity index (χ2v) is 6.23. The van der Waals surface area contributed by atoms with E-state index >= 15 is 0 Å². The second-order valence-electron chi connectivity index (χ2n) is 6.23. The third-order valence-electron chi connectivity index (χ3n) is 4.35. The van der Waals surface area contributed by atoms with Crippen LogP contribution in [-0.2, 0) is 23.9 Å². The van der Waals surface area contributed by atoms with Crippen molar-refractivity contribution in [3.8, 4) is 0 Å². The maximum Gasteiger partial charge on any atom is 0.416 e. The predicted octanol–water partition coefficient (Wildman–Crippen LogP) is 3.01. The number of aryl methyl sites for hydroxylation is 1. The standard InChI is InChI=1S/C18H20F3N3O2/c1-2-24-11-14(10-22-24)17(25)23-6-7-26-16(12-23)9-13-4-3-5-15(8-13)18(19,20)21/h3-5,8,10-11,16H,2,6-7,9,12H2,1H3/t16-/m1/s1. The number of halogens is 3. The van der Waals surface area contributed by atoms with Crippen molar-refractivity contribution in [2.24, 2.45) is 0 Å². The maximum absolute atomic E-state index is 12.8. The fraction of sp³-hybridized carbons (Fsp3) is 0.444. The highest BCUT2D eigenvalue weighted by Gasteiger charge is 2.31. The van der Waals surface area contributed by atoms with E-state index in [1.807, 2.05) is 6.92 Å². The van der Waals surface area contributed by atoms with Gasteiger partial charge in [0.1, 0.15) is 0 Å². The van der Waals surface area contributed by atoms with E-state index in [0.717, 1.165) is 12.1 Å². The van der Waals surface area contributed by atoms with Crippen LogP contribution in [0.4, 0.5) is 13.2 Å². The minimum absolute atomic E-state index is 0.137. The Morgan fingerprint density at radius 2 is 2.19 bits per heavy atom. The van der Waals surface area contributed by atoms with Gasteiger partial charge in [0.25, 0.3) is 5.91 Å². The Balaban J connectivity index is 1.66. The van der Waals surface area contributed by atoms with E-state index in [-0.39, 0.29) is 12.0 Å². The van der Waals surface area contributed by atoms with E-state index in [4.69, 9.17) is 4.74 Å². The second kappa shape index (κ2) is 7.49. The molecule has 0 saturated carbocycles. The Bertz CT molecular complexity index is 773. The quantitative estimate of drug-likeness (QED) is 0.835. The molecular formula is C18H20F3N3O2. The van der Waals surface area contributed by atoms with Crippen molar-refractivity contribution in [1.29, 1.82) is 0 Å². The molecule has 2 heterocycles. The molecule has 1 aromatic heterocycles. The Morgan fingerprint density at radius 1 is 1.38 bits per heavy atom. The van der Waals surface area contributed by atoms with Gasteiger partial charge in [0.2, 0.25) is 0 Å². The molecule has 1 saturated heterocycles. The molecule has 0 spiro atoms. The van der Waals surface area contributed by atoms with Crippen molar-refractivity contribution < 1.29 is 22.7 Å². The number of aromatic nitrogens is 2. The van der Waals surface area contributed by atoms with Crippen LogP contribution in [0.2, 0.25) is 0 Å². The van der Waals surface area contributed by atoms with Crippen LogP contribution in [0, 0.1) is 0 Å². The summed E-state index contributed by atoms with van der Waals surface area (Å²) in [6.07, 6.45) is -1.16. The minimum Gasteiger partial charge on any atom is -0.374 e. The third-order valence-corrected chi connectivity index (χ3v) is 4.35. The average Bonchev–Trinajstić information content (AvgIpc) is 3.10. The molecule has 1 aromatic carbocycles. The van der Waals surface area contributed by atoms with Gasteiger partial charge in [-0.2, -0.15) is 18.3 Å². The number of carbonyl (C=O) groups is 1. The summed E-state index contributed by atoms with van der Waals surface area (Å²) in [6, 6.07) is 5.22. The van der Waals surface area contributed by atoms with Gasteiger partial charge in [-0.05, 0) is 18.6 Å². The first kappa shape index (κ1) is 18.4. The number of ether oxygens (including phenoxy) is 1. The number of morpholine rings is 1. The van der Waals surface area contributed by atoms with Gasteiger partial charge in [0.05, 0.1) is 30.0 Å². The van der Waals surface area contributed by atoms with Crippen molar-refractivity contribution in [2.45, 2.75) is 32.2 Å². The molecule has 0 bridgehead atoms. The van der Waals surface area contributed by atoms with Crippen molar-refractivity contribution in [1.82, 2.24) is 14.7 Å². The topological polar surface area (TPSA) is 47.4 Å². The zero-order valence-corrected chi connectivity index (χ0v) is 14.4. The Hall–Kier alpha value is -2.35. The SMILES string of the molecule is CCn1cc(C(=O)N2CCO[C@H](Cc3cccc(C(F)(F)F)c3)C2)cn1. The Labute approximate surface area is 149 Å². The van der Waals surface area contributed by atoms with E-state index < -0.39 is 11.7 Å². The molecule has 2 aromatic rings. The summed E-state index contributed by atoms with van der Waals surface area (Å²) in [4.78, 5) is 14.2. The molecule has 1 aliphatic rings. The van der Waals surface area contributed by atoms with Crippen LogP contribution in [0.25, 0.3) is 0 Å². The van der Waals surface area contributed by atoms with E-state index in [2.05, 4.69) is 5.10 Å². The number of benzene rings is 1. The summed E-state index contributed by atoms with van der Waals surface area (Å²) < 4.78 is 45.9. The number of carbonyl (C=O) groups excluding carboxylic acids is 1. The predicted molar refractivity (Wildman–Crippen MR) is 88.7 cm³/mol. The first-order valence-electron chi connectivity index (χ1n) is 8.46. The van der Waals surface area contributed by atoms with Gasteiger partial charge in [-0.25, -0.2) is 0 Å². The first-order valence-corrected chi connectivity index (χ1v) is 8.46. The van der Waals surface area contributed by atoms with Crippen LogP contribution in [0.5, 0.6) is 0 Å². The fourth-order valence-corrected chi connectivity index (χ4v) is 2.99. The van der Waals surface area contributed by atoms with Crippen molar-refractivity contribution >= 4 is 5.91 Å². The molecule has 0 radical (unpaired) electrons. The van der Waals surface area contributed by atoms with Crippen LogP contribution in [0.15, 0.2) is 36.7 Å². The van der Waals surface area contributed by atoms with Crippen LogP contribution in [0.1, 0.15) is 28.4 Å². The molecule has 3 rings (SSSR count). The number of rotatable bonds is 4. The number of hydrogen-bond donors (Lipinski definition) is 0. The molecule has 26 heavy (non-hydrogen) atoms. The van der Waals surface area contributed by atoms with E-state index in [1.165, 1.54) is 12.3 Å². The van der Waals surface area contributed by atoms with Gasteiger partial charge in [0, 0.05) is 32.3 Å². The van der Waals surface area contributed by atoms with Gasteiger partial charge in [-0.1, -0.05) is 18.2 Å². The van der Waals surface area contributed by atoms with Gasteiger partial charge in [0.15, 0.2) is 0 Å². The van der Waals surface area contributed by atoms with Gasteiger partial charge >= 0.3 is 6.18 Å². The highest BCUT2D eigenvalue weighted by atomic mass is 19.4. The molecule has 1 amide bonds. The van der Waals surface area contributed by atoms with E-state index in [0.29, 0.717) is 43.8 Å². The minimum atomic E-state index is -4.37. The lowest BCUT2D eigenvalue weighted by Crippen LogP contribution is -2.46. The molecule has 1 fully saturated rings. The van der Waals surface area contributed by atoms with Crippen LogP contribution >= 0.6 is 0 Å². The summed E-state index contributed by atoms with van der Waals surface area (Å²) >= 11 is 0. The Kier molecular flexibility index (Phi) is 5.31. The summed E-state index contributed by atoms with van der Waals surface area (Å²) in [6.45, 7) is 3.76. The monoisotopic (exact) mass is 367 g/mol. The smallest absolute Gasteiger partial charge is 0.374 e. The molecule has 8 heteroatoms. The van der Waals surface area contributed by atoms with Crippen LogP contribution in [-0.4, -0.2) is 46.4 Å². The molecule has 0 aliphatic carbocycles. The lowest BCUT2D eigenvalue weighted by atomic mass is 10.0. The molecular weight excluding hydrogens is 347 g/mol. The zero-order valence-electron chi connectivity index (χ0n) is 14.4. The lowest BCUT2D eigenvalue weighted by Gasteiger charge is -2.33. The van der Waals surface area contributed by atoms with Crippen molar-refractivity contribution in [3.05, 3.63) is 53.3 Å². The summed E-state index contributed by atoms with van der Waals surface area (Å²) in [5.74, 6) is -0.137. The average molecular weight is 367 g/mol. The largest absolute Gasteiger partial charge is 0.416 e. The van der Waals surface area contributed by atoms with Crippen LogP contribution in [0.3, 0.4) is 0 Å². The first-order chi connectivity index (χ1) is 12.4. The molecule has 0 N–H and O–H groups in total. The maximum atomic E-state index is 12.8. The summed E-state index contributed by atoms with van der Waals surface area (Å²) in [5.41, 5.74) is 0.371. The number of nitrogens with zero attached hydrogens (tertiary/aromatic N) is 3. The number of hydrogen-bond acceptors (Lipinski definition) is 3. The summed E-state index contributed by atoms with van der Waals surface area (Å²) in [7, 11) is 0. The molecule has 5 nitrogen and oxygen atoms in total. The summed E-state index contributed by atoms with van der Waals surface area (Å²) in [5, 5.41) is 4.10. The van der Waals surface area contributed by atoms with Crippen molar-refractivity contribution in [3.63, 3.8) is 0 Å². The molecule has 140 valence electrons. The van der Waals surface area contributed by atoms with E-state index in [1.54, 1.807) is 21.8 Å². The zero-order chi connectivity index (χ0) is 18.7. The van der Waals surface area contributed by atoms with E-state index in [9.17, 15) is 18.0 Å².